The van der Waals surface area contributed by atoms with Crippen molar-refractivity contribution in [1.82, 2.24) is 20.4 Å². The summed E-state index contributed by atoms with van der Waals surface area (Å²) >= 11 is 0. The van der Waals surface area contributed by atoms with Gasteiger partial charge in [0, 0.05) is 30.4 Å². The van der Waals surface area contributed by atoms with Crippen LogP contribution in [0.1, 0.15) is 44.1 Å². The average Bonchev–Trinajstić information content (AvgIpc) is 3.24. The molecular weight excluding hydrogens is 390 g/mol. The lowest BCUT2D eigenvalue weighted by Crippen LogP contribution is -2.45. The molecule has 2 amide bonds. The third kappa shape index (κ3) is 5.70. The maximum atomic E-state index is 12.2. The second kappa shape index (κ2) is 9.75. The molecule has 0 bridgehead atoms. The van der Waals surface area contributed by atoms with Crippen LogP contribution in [0.3, 0.4) is 0 Å². The van der Waals surface area contributed by atoms with E-state index in [4.69, 9.17) is 4.52 Å². The number of para-hydroxylation sites is 1. The first-order valence-electron chi connectivity index (χ1n) is 10.8. The summed E-state index contributed by atoms with van der Waals surface area (Å²) in [7, 11) is 0. The molecular formula is C24H29N5O2. The number of anilines is 1. The van der Waals surface area contributed by atoms with E-state index < -0.39 is 0 Å². The predicted molar refractivity (Wildman–Crippen MR) is 121 cm³/mol. The number of benzene rings is 2. The first kappa shape index (κ1) is 21.1. The minimum Gasteiger partial charge on any atom is -0.338 e. The molecule has 0 unspecified atom stereocenters. The highest BCUT2D eigenvalue weighted by Gasteiger charge is 2.22. The van der Waals surface area contributed by atoms with Crippen molar-refractivity contribution in [3.05, 3.63) is 66.1 Å². The standard InChI is InChI=1S/C24H29N5O2/c1-17(2)18-8-10-19(11-9-18)23-27-22(31-28-23)16-29-14-12-21(13-15-29)26-24(30)25-20-6-4-3-5-7-20/h3-11,17,21H,12-16H2,1-2H3,(H2,25,26,30). The second-order valence-electron chi connectivity index (χ2n) is 8.30. The van der Waals surface area contributed by atoms with Crippen molar-refractivity contribution in [2.24, 2.45) is 0 Å². The van der Waals surface area contributed by atoms with Gasteiger partial charge in [0.15, 0.2) is 0 Å². The van der Waals surface area contributed by atoms with Crippen LogP contribution in [-0.2, 0) is 6.54 Å². The minimum absolute atomic E-state index is 0.158. The lowest BCUT2D eigenvalue weighted by atomic mass is 10.0. The monoisotopic (exact) mass is 419 g/mol. The summed E-state index contributed by atoms with van der Waals surface area (Å²) in [5.74, 6) is 1.74. The fourth-order valence-electron chi connectivity index (χ4n) is 3.75. The number of nitrogens with zero attached hydrogens (tertiary/aromatic N) is 3. The van der Waals surface area contributed by atoms with Gasteiger partial charge in [0.25, 0.3) is 0 Å². The molecule has 2 heterocycles. The molecule has 0 saturated carbocycles. The van der Waals surface area contributed by atoms with Gasteiger partial charge in [-0.05, 0) is 36.5 Å². The Labute approximate surface area is 182 Å². The smallest absolute Gasteiger partial charge is 0.319 e. The highest BCUT2D eigenvalue weighted by Crippen LogP contribution is 2.21. The highest BCUT2D eigenvalue weighted by molar-refractivity contribution is 5.89. The van der Waals surface area contributed by atoms with Gasteiger partial charge in [0.1, 0.15) is 0 Å². The minimum atomic E-state index is -0.158. The van der Waals surface area contributed by atoms with Crippen molar-refractivity contribution in [1.29, 1.82) is 0 Å². The van der Waals surface area contributed by atoms with E-state index in [0.29, 0.717) is 24.2 Å². The fraction of sp³-hybridized carbons (Fsp3) is 0.375. The van der Waals surface area contributed by atoms with E-state index >= 15 is 0 Å². The zero-order valence-corrected chi connectivity index (χ0v) is 18.0. The third-order valence-electron chi connectivity index (χ3n) is 5.62. The van der Waals surface area contributed by atoms with E-state index in [1.54, 1.807) is 0 Å². The molecule has 31 heavy (non-hydrogen) atoms. The van der Waals surface area contributed by atoms with Gasteiger partial charge >= 0.3 is 6.03 Å². The van der Waals surface area contributed by atoms with Crippen molar-refractivity contribution in [2.75, 3.05) is 18.4 Å². The fourth-order valence-corrected chi connectivity index (χ4v) is 3.75. The Hall–Kier alpha value is -3.19. The van der Waals surface area contributed by atoms with Crippen LogP contribution in [0.2, 0.25) is 0 Å². The normalized spacial score (nSPS) is 15.2. The van der Waals surface area contributed by atoms with Gasteiger partial charge in [-0.3, -0.25) is 4.90 Å². The molecule has 1 fully saturated rings. The van der Waals surface area contributed by atoms with Crippen LogP contribution in [0.25, 0.3) is 11.4 Å². The second-order valence-corrected chi connectivity index (χ2v) is 8.30. The molecule has 2 N–H and O–H groups in total. The average molecular weight is 420 g/mol. The molecule has 0 radical (unpaired) electrons. The van der Waals surface area contributed by atoms with E-state index in [0.717, 1.165) is 37.2 Å². The summed E-state index contributed by atoms with van der Waals surface area (Å²) in [6, 6.07) is 17.8. The number of hydrogen-bond donors (Lipinski definition) is 2. The summed E-state index contributed by atoms with van der Waals surface area (Å²) in [5, 5.41) is 10.1. The van der Waals surface area contributed by atoms with Crippen LogP contribution in [0.4, 0.5) is 10.5 Å². The number of carbonyl (C=O) groups is 1. The number of carbonyl (C=O) groups excluding carboxylic acids is 1. The number of piperidine rings is 1. The van der Waals surface area contributed by atoms with Crippen molar-refractivity contribution in [3.63, 3.8) is 0 Å². The molecule has 1 aromatic heterocycles. The first-order chi connectivity index (χ1) is 15.1. The number of hydrogen-bond acceptors (Lipinski definition) is 5. The van der Waals surface area contributed by atoms with Gasteiger partial charge in [0.05, 0.1) is 6.54 Å². The van der Waals surface area contributed by atoms with E-state index in [-0.39, 0.29) is 12.1 Å². The van der Waals surface area contributed by atoms with Crippen LogP contribution in [0, 0.1) is 0 Å². The largest absolute Gasteiger partial charge is 0.338 e. The quantitative estimate of drug-likeness (QED) is 0.608. The molecule has 7 nitrogen and oxygen atoms in total. The summed E-state index contributed by atoms with van der Waals surface area (Å²) < 4.78 is 5.47. The molecule has 0 atom stereocenters. The molecule has 1 aliphatic heterocycles. The molecule has 0 aliphatic carbocycles. The maximum Gasteiger partial charge on any atom is 0.319 e. The van der Waals surface area contributed by atoms with Crippen LogP contribution in [0.15, 0.2) is 59.1 Å². The summed E-state index contributed by atoms with van der Waals surface area (Å²) in [5.41, 5.74) is 3.05. The topological polar surface area (TPSA) is 83.3 Å². The predicted octanol–water partition coefficient (Wildman–Crippen LogP) is 4.65. The van der Waals surface area contributed by atoms with Gasteiger partial charge in [-0.2, -0.15) is 4.98 Å². The van der Waals surface area contributed by atoms with Crippen LogP contribution < -0.4 is 10.6 Å². The Morgan fingerprint density at radius 1 is 1.10 bits per heavy atom. The van der Waals surface area contributed by atoms with Gasteiger partial charge in [0.2, 0.25) is 11.7 Å². The van der Waals surface area contributed by atoms with Gasteiger partial charge in [-0.15, -0.1) is 0 Å². The zero-order chi connectivity index (χ0) is 21.6. The number of nitrogens with one attached hydrogen (secondary N) is 2. The maximum absolute atomic E-state index is 12.2. The highest BCUT2D eigenvalue weighted by atomic mass is 16.5. The first-order valence-corrected chi connectivity index (χ1v) is 10.8. The molecule has 1 aliphatic rings. The Morgan fingerprint density at radius 3 is 2.48 bits per heavy atom. The van der Waals surface area contributed by atoms with Gasteiger partial charge < -0.3 is 15.2 Å². The van der Waals surface area contributed by atoms with Gasteiger partial charge in [-0.25, -0.2) is 4.79 Å². The Morgan fingerprint density at radius 2 is 1.81 bits per heavy atom. The molecule has 162 valence electrons. The summed E-state index contributed by atoms with van der Waals surface area (Å²) in [6.45, 7) is 6.72. The van der Waals surface area contributed by atoms with Crippen molar-refractivity contribution < 1.29 is 9.32 Å². The molecule has 4 rings (SSSR count). The van der Waals surface area contributed by atoms with Crippen molar-refractivity contribution in [2.45, 2.75) is 45.2 Å². The molecule has 0 spiro atoms. The number of amides is 2. The number of rotatable bonds is 6. The zero-order valence-electron chi connectivity index (χ0n) is 18.0. The SMILES string of the molecule is CC(C)c1ccc(-c2noc(CN3CCC(NC(=O)Nc4ccccc4)CC3)n2)cc1. The lowest BCUT2D eigenvalue weighted by Gasteiger charge is -2.31. The summed E-state index contributed by atoms with van der Waals surface area (Å²) in [6.07, 6.45) is 1.78. The Balaban J connectivity index is 1.24. The number of aromatic nitrogens is 2. The van der Waals surface area contributed by atoms with E-state index in [2.05, 4.69) is 51.7 Å². The van der Waals surface area contributed by atoms with Crippen LogP contribution in [0.5, 0.6) is 0 Å². The Kier molecular flexibility index (Phi) is 6.62. The number of likely N-dealkylation sites (tertiary alicyclic amines) is 1. The third-order valence-corrected chi connectivity index (χ3v) is 5.62. The number of urea groups is 1. The molecule has 1 saturated heterocycles. The Bertz CT molecular complexity index is 977. The van der Waals surface area contributed by atoms with Crippen molar-refractivity contribution in [3.8, 4) is 11.4 Å². The lowest BCUT2D eigenvalue weighted by molar-refractivity contribution is 0.171. The van der Waals surface area contributed by atoms with E-state index in [1.165, 1.54) is 5.56 Å². The molecule has 2 aromatic carbocycles. The summed E-state index contributed by atoms with van der Waals surface area (Å²) in [4.78, 5) is 19.0. The van der Waals surface area contributed by atoms with Crippen LogP contribution >= 0.6 is 0 Å². The van der Waals surface area contributed by atoms with E-state index in [1.807, 2.05) is 42.5 Å². The van der Waals surface area contributed by atoms with Crippen LogP contribution in [-0.4, -0.2) is 40.2 Å². The molecule has 3 aromatic rings. The van der Waals surface area contributed by atoms with Crippen molar-refractivity contribution >= 4 is 11.7 Å². The van der Waals surface area contributed by atoms with Gasteiger partial charge in [-0.1, -0.05) is 61.5 Å². The van der Waals surface area contributed by atoms with E-state index in [9.17, 15) is 4.79 Å². The molecule has 7 heteroatoms.